The summed E-state index contributed by atoms with van der Waals surface area (Å²) in [5.74, 6) is -0.450. The summed E-state index contributed by atoms with van der Waals surface area (Å²) in [6, 6.07) is 9.95. The monoisotopic (exact) mass is 259 g/mol. The number of rotatable bonds is 6. The molecule has 1 N–H and O–H groups in total. The van der Waals surface area contributed by atoms with Crippen molar-refractivity contribution in [3.8, 4) is 6.07 Å². The van der Waals surface area contributed by atoms with E-state index in [0.717, 1.165) is 17.7 Å². The summed E-state index contributed by atoms with van der Waals surface area (Å²) in [5, 5.41) is 12.0. The van der Waals surface area contributed by atoms with Crippen molar-refractivity contribution in [2.45, 2.75) is 19.3 Å². The maximum Gasteiger partial charge on any atom is 0.221 e. The SMILES string of the molecule is Cc1ccc(C(C#N)CC(=O)NCCN(C)C)cc1. The second-order valence-electron chi connectivity index (χ2n) is 4.95. The number of amides is 1. The lowest BCUT2D eigenvalue weighted by atomic mass is 9.96. The zero-order chi connectivity index (χ0) is 14.3. The predicted molar refractivity (Wildman–Crippen MR) is 75.7 cm³/mol. The molecule has 0 heterocycles. The first kappa shape index (κ1) is 15.2. The highest BCUT2D eigenvalue weighted by Crippen LogP contribution is 2.19. The minimum absolute atomic E-state index is 0.0750. The average Bonchev–Trinajstić information content (AvgIpc) is 2.36. The minimum Gasteiger partial charge on any atom is -0.355 e. The first-order chi connectivity index (χ1) is 9.02. The Morgan fingerprint density at radius 1 is 1.37 bits per heavy atom. The molecule has 0 aliphatic heterocycles. The number of nitrogens with zero attached hydrogens (tertiary/aromatic N) is 2. The minimum atomic E-state index is -0.375. The van der Waals surface area contributed by atoms with Gasteiger partial charge in [0.25, 0.3) is 0 Å². The summed E-state index contributed by atoms with van der Waals surface area (Å²) in [6.07, 6.45) is 0.215. The van der Waals surface area contributed by atoms with Gasteiger partial charge in [-0.3, -0.25) is 4.79 Å². The Morgan fingerprint density at radius 3 is 2.53 bits per heavy atom. The van der Waals surface area contributed by atoms with Gasteiger partial charge >= 0.3 is 0 Å². The van der Waals surface area contributed by atoms with Crippen molar-refractivity contribution in [2.75, 3.05) is 27.2 Å². The van der Waals surface area contributed by atoms with E-state index < -0.39 is 0 Å². The van der Waals surface area contributed by atoms with Gasteiger partial charge in [0.15, 0.2) is 0 Å². The molecule has 0 saturated carbocycles. The molecule has 1 atom stereocenters. The maximum atomic E-state index is 11.8. The fraction of sp³-hybridized carbons (Fsp3) is 0.467. The standard InChI is InChI=1S/C15H21N3O/c1-12-4-6-13(7-5-12)14(11-16)10-15(19)17-8-9-18(2)3/h4-7,14H,8-10H2,1-3H3,(H,17,19). The number of carbonyl (C=O) groups is 1. The molecule has 0 radical (unpaired) electrons. The van der Waals surface area contributed by atoms with Gasteiger partial charge in [-0.25, -0.2) is 0 Å². The zero-order valence-electron chi connectivity index (χ0n) is 11.8. The first-order valence-electron chi connectivity index (χ1n) is 6.40. The molecule has 1 rings (SSSR count). The van der Waals surface area contributed by atoms with Crippen LogP contribution in [0.4, 0.5) is 0 Å². The summed E-state index contributed by atoms with van der Waals surface area (Å²) >= 11 is 0. The summed E-state index contributed by atoms with van der Waals surface area (Å²) in [4.78, 5) is 13.8. The molecule has 0 fully saturated rings. The summed E-state index contributed by atoms with van der Waals surface area (Å²) in [6.45, 7) is 3.41. The van der Waals surface area contributed by atoms with E-state index in [9.17, 15) is 10.1 Å². The van der Waals surface area contributed by atoms with Crippen molar-refractivity contribution >= 4 is 5.91 Å². The van der Waals surface area contributed by atoms with Crippen molar-refractivity contribution in [2.24, 2.45) is 0 Å². The summed E-state index contributed by atoms with van der Waals surface area (Å²) in [5.41, 5.74) is 2.05. The Labute approximate surface area is 115 Å². The maximum absolute atomic E-state index is 11.8. The van der Waals surface area contributed by atoms with Crippen LogP contribution in [0.15, 0.2) is 24.3 Å². The number of nitrogens with one attached hydrogen (secondary N) is 1. The van der Waals surface area contributed by atoms with E-state index >= 15 is 0 Å². The van der Waals surface area contributed by atoms with Crippen LogP contribution in [-0.4, -0.2) is 38.0 Å². The number of nitriles is 1. The molecule has 4 nitrogen and oxygen atoms in total. The van der Waals surface area contributed by atoms with Crippen LogP contribution in [0.2, 0.25) is 0 Å². The molecular formula is C15H21N3O. The lowest BCUT2D eigenvalue weighted by Crippen LogP contribution is -2.32. The van der Waals surface area contributed by atoms with Gasteiger partial charge < -0.3 is 10.2 Å². The van der Waals surface area contributed by atoms with Crippen molar-refractivity contribution in [3.63, 3.8) is 0 Å². The number of hydrogen-bond acceptors (Lipinski definition) is 3. The fourth-order valence-electron chi connectivity index (χ4n) is 1.71. The summed E-state index contributed by atoms with van der Waals surface area (Å²) in [7, 11) is 3.91. The number of carbonyl (C=O) groups excluding carboxylic acids is 1. The van der Waals surface area contributed by atoms with E-state index in [1.807, 2.05) is 50.2 Å². The van der Waals surface area contributed by atoms with Crippen LogP contribution in [0.1, 0.15) is 23.5 Å². The van der Waals surface area contributed by atoms with Crippen LogP contribution in [0.3, 0.4) is 0 Å². The van der Waals surface area contributed by atoms with Gasteiger partial charge in [0.1, 0.15) is 0 Å². The molecule has 0 aliphatic rings. The third-order valence-corrected chi connectivity index (χ3v) is 2.91. The second-order valence-corrected chi connectivity index (χ2v) is 4.95. The van der Waals surface area contributed by atoms with Gasteiger partial charge in [-0.15, -0.1) is 0 Å². The van der Waals surface area contributed by atoms with Crippen LogP contribution in [-0.2, 0) is 4.79 Å². The largest absolute Gasteiger partial charge is 0.355 e. The normalized spacial score (nSPS) is 11.9. The van der Waals surface area contributed by atoms with Gasteiger partial charge in [0.05, 0.1) is 12.0 Å². The Kier molecular flexibility index (Phi) is 6.04. The third-order valence-electron chi connectivity index (χ3n) is 2.91. The molecule has 0 bridgehead atoms. The fourth-order valence-corrected chi connectivity index (χ4v) is 1.71. The molecule has 0 saturated heterocycles. The molecule has 0 spiro atoms. The summed E-state index contributed by atoms with van der Waals surface area (Å²) < 4.78 is 0. The quantitative estimate of drug-likeness (QED) is 0.845. The van der Waals surface area contributed by atoms with Gasteiger partial charge in [-0.05, 0) is 26.6 Å². The van der Waals surface area contributed by atoms with Crippen LogP contribution in [0.25, 0.3) is 0 Å². The van der Waals surface area contributed by atoms with Crippen LogP contribution < -0.4 is 5.32 Å². The highest BCUT2D eigenvalue weighted by Gasteiger charge is 2.15. The van der Waals surface area contributed by atoms with E-state index in [2.05, 4.69) is 11.4 Å². The Balaban J connectivity index is 2.51. The Hall–Kier alpha value is -1.86. The first-order valence-corrected chi connectivity index (χ1v) is 6.40. The lowest BCUT2D eigenvalue weighted by molar-refractivity contribution is -0.121. The van der Waals surface area contributed by atoms with Crippen LogP contribution in [0, 0.1) is 18.3 Å². The van der Waals surface area contributed by atoms with Gasteiger partial charge in [0, 0.05) is 19.5 Å². The molecule has 1 amide bonds. The molecule has 19 heavy (non-hydrogen) atoms. The Morgan fingerprint density at radius 2 is 2.00 bits per heavy atom. The van der Waals surface area contributed by atoms with Crippen molar-refractivity contribution < 1.29 is 4.79 Å². The highest BCUT2D eigenvalue weighted by atomic mass is 16.1. The molecule has 102 valence electrons. The van der Waals surface area contributed by atoms with Gasteiger partial charge in [-0.1, -0.05) is 29.8 Å². The van der Waals surface area contributed by atoms with E-state index in [-0.39, 0.29) is 18.2 Å². The number of aryl methyl sites for hydroxylation is 1. The smallest absolute Gasteiger partial charge is 0.221 e. The van der Waals surface area contributed by atoms with Crippen LogP contribution >= 0.6 is 0 Å². The van der Waals surface area contributed by atoms with E-state index in [4.69, 9.17) is 0 Å². The van der Waals surface area contributed by atoms with Gasteiger partial charge in [0.2, 0.25) is 5.91 Å². The number of likely N-dealkylation sites (N-methyl/N-ethyl adjacent to an activating group) is 1. The molecule has 0 aliphatic carbocycles. The molecular weight excluding hydrogens is 238 g/mol. The van der Waals surface area contributed by atoms with Crippen molar-refractivity contribution in [3.05, 3.63) is 35.4 Å². The Bertz CT molecular complexity index is 445. The molecule has 1 aromatic carbocycles. The third kappa shape index (κ3) is 5.54. The molecule has 0 aromatic heterocycles. The topological polar surface area (TPSA) is 56.1 Å². The average molecular weight is 259 g/mol. The number of hydrogen-bond donors (Lipinski definition) is 1. The molecule has 4 heteroatoms. The van der Waals surface area contributed by atoms with E-state index in [1.165, 1.54) is 0 Å². The van der Waals surface area contributed by atoms with Crippen molar-refractivity contribution in [1.82, 2.24) is 10.2 Å². The van der Waals surface area contributed by atoms with Crippen LogP contribution in [0.5, 0.6) is 0 Å². The lowest BCUT2D eigenvalue weighted by Gasteiger charge is -2.12. The molecule has 1 aromatic rings. The predicted octanol–water partition coefficient (Wildman–Crippen LogP) is 1.67. The zero-order valence-corrected chi connectivity index (χ0v) is 11.8. The second kappa shape index (κ2) is 7.55. The van der Waals surface area contributed by atoms with E-state index in [1.54, 1.807) is 0 Å². The number of benzene rings is 1. The highest BCUT2D eigenvalue weighted by molar-refractivity contribution is 5.77. The van der Waals surface area contributed by atoms with Gasteiger partial charge in [-0.2, -0.15) is 5.26 Å². The van der Waals surface area contributed by atoms with E-state index in [0.29, 0.717) is 6.54 Å². The molecule has 1 unspecified atom stereocenters. The van der Waals surface area contributed by atoms with Crippen molar-refractivity contribution in [1.29, 1.82) is 5.26 Å².